The number of hydrogen-bond acceptors (Lipinski definition) is 8. The van der Waals surface area contributed by atoms with Crippen molar-refractivity contribution in [2.45, 2.75) is 23.5 Å². The predicted molar refractivity (Wildman–Crippen MR) is 125 cm³/mol. The fourth-order valence-electron chi connectivity index (χ4n) is 4.33. The average Bonchev–Trinajstić information content (AvgIpc) is 3.32. The van der Waals surface area contributed by atoms with Gasteiger partial charge in [0.05, 0.1) is 23.7 Å². The molecule has 0 bridgehead atoms. The highest BCUT2D eigenvalue weighted by molar-refractivity contribution is 7.95. The number of rotatable bonds is 4. The minimum atomic E-state index is -4.12. The molecule has 34 heavy (non-hydrogen) atoms. The van der Waals surface area contributed by atoms with Crippen molar-refractivity contribution < 1.29 is 17.9 Å². The predicted octanol–water partition coefficient (Wildman–Crippen LogP) is 2.38. The first-order valence-corrected chi connectivity index (χ1v) is 12.4. The van der Waals surface area contributed by atoms with Gasteiger partial charge in [-0.1, -0.05) is 24.3 Å². The van der Waals surface area contributed by atoms with E-state index < -0.39 is 26.1 Å². The molecule has 0 amide bonds. The summed E-state index contributed by atoms with van der Waals surface area (Å²) in [7, 11) is -4.12. The first-order chi connectivity index (χ1) is 16.4. The van der Waals surface area contributed by atoms with Crippen molar-refractivity contribution in [2.24, 2.45) is 0 Å². The zero-order valence-electron chi connectivity index (χ0n) is 18.3. The van der Waals surface area contributed by atoms with Crippen molar-refractivity contribution in [1.82, 2.24) is 9.38 Å². The number of pyridine rings is 1. The number of sulfone groups is 1. The van der Waals surface area contributed by atoms with Crippen molar-refractivity contribution in [2.75, 3.05) is 31.2 Å². The Morgan fingerprint density at radius 3 is 2.41 bits per heavy atom. The van der Waals surface area contributed by atoms with Crippen molar-refractivity contribution in [3.63, 3.8) is 0 Å². The van der Waals surface area contributed by atoms with Crippen LogP contribution >= 0.6 is 0 Å². The lowest BCUT2D eigenvalue weighted by atomic mass is 10.0. The van der Waals surface area contributed by atoms with E-state index in [4.69, 9.17) is 9.47 Å². The molecule has 174 valence electrons. The maximum atomic E-state index is 13.5. The van der Waals surface area contributed by atoms with E-state index in [2.05, 4.69) is 4.98 Å². The van der Waals surface area contributed by atoms with Crippen molar-refractivity contribution in [3.05, 3.63) is 75.6 Å². The van der Waals surface area contributed by atoms with Gasteiger partial charge in [0.1, 0.15) is 22.4 Å². The van der Waals surface area contributed by atoms with E-state index in [0.29, 0.717) is 50.6 Å². The van der Waals surface area contributed by atoms with Crippen LogP contribution in [0, 0.1) is 11.3 Å². The molecule has 0 unspecified atom stereocenters. The summed E-state index contributed by atoms with van der Waals surface area (Å²) < 4.78 is 39.2. The summed E-state index contributed by atoms with van der Waals surface area (Å²) in [6.07, 6.45) is 3.87. The Balaban J connectivity index is 1.63. The third-order valence-electron chi connectivity index (χ3n) is 6.12. The van der Waals surface area contributed by atoms with E-state index in [-0.39, 0.29) is 10.5 Å². The molecule has 3 aromatic rings. The van der Waals surface area contributed by atoms with Crippen LogP contribution in [-0.4, -0.2) is 49.9 Å². The molecular formula is C24H22N4O5S. The molecule has 9 nitrogen and oxygen atoms in total. The van der Waals surface area contributed by atoms with Crippen LogP contribution in [0.5, 0.6) is 0 Å². The highest BCUT2D eigenvalue weighted by Gasteiger charge is 2.40. The number of nitrogens with zero attached hydrogens (tertiary/aromatic N) is 4. The first kappa shape index (κ1) is 22.3. The van der Waals surface area contributed by atoms with E-state index in [9.17, 15) is 18.5 Å². The normalized spacial score (nSPS) is 18.3. The summed E-state index contributed by atoms with van der Waals surface area (Å²) in [5, 5.41) is 9.76. The van der Waals surface area contributed by atoms with Gasteiger partial charge in [-0.25, -0.2) is 13.4 Å². The smallest absolute Gasteiger partial charge is 0.267 e. The number of aromatic nitrogens is 2. The molecular weight excluding hydrogens is 456 g/mol. The van der Waals surface area contributed by atoms with Gasteiger partial charge in [0, 0.05) is 32.1 Å². The van der Waals surface area contributed by atoms with Gasteiger partial charge in [-0.05, 0) is 30.3 Å². The summed E-state index contributed by atoms with van der Waals surface area (Å²) in [4.78, 5) is 19.5. The van der Waals surface area contributed by atoms with Crippen LogP contribution in [0.1, 0.15) is 18.4 Å². The van der Waals surface area contributed by atoms with Gasteiger partial charge in [-0.2, -0.15) is 5.26 Å². The number of ether oxygens (including phenoxy) is 2. The van der Waals surface area contributed by atoms with E-state index in [1.54, 1.807) is 48.7 Å². The molecule has 0 N–H and O–H groups in total. The summed E-state index contributed by atoms with van der Waals surface area (Å²) in [5.74, 6) is -0.285. The minimum absolute atomic E-state index is 0.0198. The zero-order valence-corrected chi connectivity index (χ0v) is 19.1. The second-order valence-electron chi connectivity index (χ2n) is 8.11. The van der Waals surface area contributed by atoms with Crippen LogP contribution in [0.25, 0.3) is 11.7 Å². The lowest BCUT2D eigenvalue weighted by molar-refractivity contribution is -0.169. The molecule has 10 heteroatoms. The van der Waals surface area contributed by atoms with E-state index >= 15 is 0 Å². The number of hydrogen-bond donors (Lipinski definition) is 0. The topological polar surface area (TPSA) is 114 Å². The van der Waals surface area contributed by atoms with Gasteiger partial charge in [0.15, 0.2) is 5.79 Å². The molecule has 2 aliphatic heterocycles. The summed E-state index contributed by atoms with van der Waals surface area (Å²) in [6.45, 7) is 2.10. The van der Waals surface area contributed by atoms with Gasteiger partial charge < -0.3 is 14.4 Å². The van der Waals surface area contributed by atoms with Crippen LogP contribution in [-0.2, 0) is 19.3 Å². The monoisotopic (exact) mass is 478 g/mol. The molecule has 5 rings (SSSR count). The second-order valence-corrected chi connectivity index (χ2v) is 10.0. The highest BCUT2D eigenvalue weighted by atomic mass is 32.2. The quantitative estimate of drug-likeness (QED) is 0.525. The van der Waals surface area contributed by atoms with Crippen molar-refractivity contribution >= 4 is 27.4 Å². The Bertz CT molecular complexity index is 1460. The van der Waals surface area contributed by atoms with E-state index in [1.165, 1.54) is 16.5 Å². The Morgan fingerprint density at radius 2 is 1.74 bits per heavy atom. The Morgan fingerprint density at radius 1 is 1.06 bits per heavy atom. The van der Waals surface area contributed by atoms with Gasteiger partial charge in [0.2, 0.25) is 9.84 Å². The van der Waals surface area contributed by atoms with Gasteiger partial charge in [-0.3, -0.25) is 9.20 Å². The lowest BCUT2D eigenvalue weighted by Gasteiger charge is -2.38. The number of fused-ring (bicyclic) bond motifs is 1. The molecule has 0 radical (unpaired) electrons. The van der Waals surface area contributed by atoms with Crippen LogP contribution in [0.2, 0.25) is 0 Å². The largest absolute Gasteiger partial charge is 0.355 e. The Labute approximate surface area is 196 Å². The van der Waals surface area contributed by atoms with E-state index in [1.807, 2.05) is 4.90 Å². The van der Waals surface area contributed by atoms with Crippen LogP contribution < -0.4 is 10.5 Å². The molecule has 2 fully saturated rings. The number of allylic oxidation sites excluding steroid dienone is 1. The second kappa shape index (κ2) is 8.68. The molecule has 0 saturated carbocycles. The molecule has 2 aliphatic rings. The number of nitriles is 1. The van der Waals surface area contributed by atoms with Gasteiger partial charge in [0.25, 0.3) is 5.56 Å². The third kappa shape index (κ3) is 3.88. The van der Waals surface area contributed by atoms with E-state index in [0.717, 1.165) is 6.08 Å². The molecule has 2 saturated heterocycles. The van der Waals surface area contributed by atoms with Crippen molar-refractivity contribution in [3.8, 4) is 6.07 Å². The SMILES string of the molecule is N#CC(=Cc1c(N2CCC3(CC2)OCCO3)nc2ccccn2c1=O)S(=O)(=O)c1ccccc1. The zero-order chi connectivity index (χ0) is 23.8. The molecule has 1 aromatic carbocycles. The molecule has 0 atom stereocenters. The Kier molecular flexibility index (Phi) is 5.69. The maximum Gasteiger partial charge on any atom is 0.267 e. The summed E-state index contributed by atoms with van der Waals surface area (Å²) >= 11 is 0. The minimum Gasteiger partial charge on any atom is -0.355 e. The Hall–Kier alpha value is -3.52. The summed E-state index contributed by atoms with van der Waals surface area (Å²) in [6, 6.07) is 14.6. The molecule has 0 aliphatic carbocycles. The van der Waals surface area contributed by atoms with Crippen LogP contribution in [0.15, 0.2) is 69.3 Å². The fourth-order valence-corrected chi connectivity index (χ4v) is 5.49. The molecule has 4 heterocycles. The first-order valence-electron chi connectivity index (χ1n) is 10.9. The van der Waals surface area contributed by atoms with Crippen molar-refractivity contribution in [1.29, 1.82) is 5.26 Å². The molecule has 1 spiro atoms. The maximum absolute atomic E-state index is 13.5. The highest BCUT2D eigenvalue weighted by Crippen LogP contribution is 2.34. The lowest BCUT2D eigenvalue weighted by Crippen LogP contribution is -2.46. The third-order valence-corrected chi connectivity index (χ3v) is 7.80. The van der Waals surface area contributed by atoms with Gasteiger partial charge >= 0.3 is 0 Å². The fraction of sp³-hybridized carbons (Fsp3) is 0.292. The number of benzene rings is 1. The summed E-state index contributed by atoms with van der Waals surface area (Å²) in [5.41, 5.74) is 0.0203. The number of piperidine rings is 1. The average molecular weight is 479 g/mol. The van der Waals surface area contributed by atoms with Crippen LogP contribution in [0.3, 0.4) is 0 Å². The number of anilines is 1. The molecule has 2 aromatic heterocycles. The van der Waals surface area contributed by atoms with Gasteiger partial charge in [-0.15, -0.1) is 0 Å². The van der Waals surface area contributed by atoms with Crippen LogP contribution in [0.4, 0.5) is 5.82 Å². The standard InChI is InChI=1S/C24H22N4O5S/c25-17-19(34(30,31)18-6-2-1-3-7-18)16-20-22(26-21-8-4-5-11-28(21)23(20)29)27-12-9-24(10-13-27)32-14-15-33-24/h1-8,11,16H,9-10,12-15H2.